The third-order valence-corrected chi connectivity index (χ3v) is 5.80. The summed E-state index contributed by atoms with van der Waals surface area (Å²) in [4.78, 5) is 30.1. The zero-order chi connectivity index (χ0) is 25.5. The minimum absolute atomic E-state index is 0.121. The van der Waals surface area contributed by atoms with Crippen molar-refractivity contribution in [3.05, 3.63) is 77.2 Å². The molecule has 0 spiro atoms. The van der Waals surface area contributed by atoms with Crippen molar-refractivity contribution >= 4 is 11.8 Å². The Balaban J connectivity index is 1.55. The molecule has 3 aromatic rings. The topological polar surface area (TPSA) is 90.7 Å². The fraction of sp³-hybridized carbons (Fsp3) is 0.333. The number of carbonyl (C=O) groups is 2. The summed E-state index contributed by atoms with van der Waals surface area (Å²) in [6, 6.07) is 16.1. The van der Waals surface area contributed by atoms with Crippen LogP contribution in [0.4, 0.5) is 0 Å². The Kier molecular flexibility index (Phi) is 8.12. The molecule has 0 radical (unpaired) electrons. The first-order valence-electron chi connectivity index (χ1n) is 11.6. The predicted octanol–water partition coefficient (Wildman–Crippen LogP) is 3.64. The molecular weight excluding hydrogens is 464 g/mol. The van der Waals surface area contributed by atoms with Gasteiger partial charge in [0.2, 0.25) is 12.7 Å². The highest BCUT2D eigenvalue weighted by Crippen LogP contribution is 2.33. The Morgan fingerprint density at radius 3 is 2.53 bits per heavy atom. The minimum Gasteiger partial charge on any atom is -0.497 e. The second kappa shape index (κ2) is 11.6. The van der Waals surface area contributed by atoms with Crippen LogP contribution in [-0.4, -0.2) is 62.3 Å². The molecule has 190 valence electrons. The highest BCUT2D eigenvalue weighted by atomic mass is 16.7. The van der Waals surface area contributed by atoms with Gasteiger partial charge in [-0.25, -0.2) is 0 Å². The lowest BCUT2D eigenvalue weighted by molar-refractivity contribution is -0.133. The van der Waals surface area contributed by atoms with Gasteiger partial charge in [0.1, 0.15) is 23.8 Å². The van der Waals surface area contributed by atoms with Crippen molar-refractivity contribution in [2.75, 3.05) is 40.7 Å². The molecule has 0 saturated heterocycles. The van der Waals surface area contributed by atoms with Gasteiger partial charge in [-0.15, -0.1) is 0 Å². The van der Waals surface area contributed by atoms with E-state index in [9.17, 15) is 9.59 Å². The van der Waals surface area contributed by atoms with Crippen molar-refractivity contribution in [1.29, 1.82) is 0 Å². The number of methoxy groups -OCH3 is 2. The number of carbonyl (C=O) groups excluding carboxylic acids is 2. The molecule has 2 aromatic carbocycles. The van der Waals surface area contributed by atoms with E-state index in [0.29, 0.717) is 41.7 Å². The molecule has 0 saturated carbocycles. The molecule has 2 heterocycles. The summed E-state index contributed by atoms with van der Waals surface area (Å²) in [6.45, 7) is 3.02. The third kappa shape index (κ3) is 6.17. The van der Waals surface area contributed by atoms with Gasteiger partial charge in [0, 0.05) is 25.8 Å². The monoisotopic (exact) mass is 494 g/mol. The van der Waals surface area contributed by atoms with Crippen molar-refractivity contribution in [3.8, 4) is 17.2 Å². The van der Waals surface area contributed by atoms with Crippen LogP contribution in [-0.2, 0) is 22.6 Å². The molecule has 0 aliphatic carbocycles. The van der Waals surface area contributed by atoms with Gasteiger partial charge in [0.15, 0.2) is 11.5 Å². The van der Waals surface area contributed by atoms with Crippen LogP contribution in [0.3, 0.4) is 0 Å². The van der Waals surface area contributed by atoms with E-state index in [2.05, 4.69) is 0 Å². The van der Waals surface area contributed by atoms with E-state index in [1.54, 1.807) is 43.4 Å². The second-order valence-corrected chi connectivity index (χ2v) is 8.40. The van der Waals surface area contributed by atoms with Crippen LogP contribution in [0, 0.1) is 6.92 Å². The van der Waals surface area contributed by atoms with Crippen LogP contribution in [0.5, 0.6) is 17.2 Å². The van der Waals surface area contributed by atoms with Crippen molar-refractivity contribution < 1.29 is 33.0 Å². The fourth-order valence-corrected chi connectivity index (χ4v) is 3.91. The molecule has 36 heavy (non-hydrogen) atoms. The molecular formula is C27H30N2O7. The maximum Gasteiger partial charge on any atom is 0.254 e. The number of hydrogen-bond donors (Lipinski definition) is 0. The number of nitrogens with zero attached hydrogens (tertiary/aromatic N) is 2. The largest absolute Gasteiger partial charge is 0.497 e. The van der Waals surface area contributed by atoms with Gasteiger partial charge in [-0.3, -0.25) is 9.59 Å². The third-order valence-electron chi connectivity index (χ3n) is 5.80. The summed E-state index contributed by atoms with van der Waals surface area (Å²) in [5.41, 5.74) is 1.31. The van der Waals surface area contributed by atoms with Gasteiger partial charge >= 0.3 is 0 Å². The fourth-order valence-electron chi connectivity index (χ4n) is 3.91. The van der Waals surface area contributed by atoms with E-state index in [1.807, 2.05) is 37.3 Å². The average molecular weight is 495 g/mol. The molecule has 4 rings (SSSR count). The van der Waals surface area contributed by atoms with Gasteiger partial charge in [-0.05, 0) is 55.0 Å². The second-order valence-electron chi connectivity index (χ2n) is 8.40. The number of aryl methyl sites for hydroxylation is 1. The van der Waals surface area contributed by atoms with E-state index in [0.717, 1.165) is 11.3 Å². The smallest absolute Gasteiger partial charge is 0.254 e. The van der Waals surface area contributed by atoms with Gasteiger partial charge in [0.05, 0.1) is 20.3 Å². The van der Waals surface area contributed by atoms with Crippen molar-refractivity contribution in [2.45, 2.75) is 20.0 Å². The van der Waals surface area contributed by atoms with Crippen LogP contribution in [0.2, 0.25) is 0 Å². The molecule has 0 N–H and O–H groups in total. The molecule has 9 nitrogen and oxygen atoms in total. The lowest BCUT2D eigenvalue weighted by Crippen LogP contribution is -2.43. The summed E-state index contributed by atoms with van der Waals surface area (Å²) in [5, 5.41) is 0. The quantitative estimate of drug-likeness (QED) is 0.402. The number of amides is 2. The highest BCUT2D eigenvalue weighted by Gasteiger charge is 2.24. The first-order valence-corrected chi connectivity index (χ1v) is 11.6. The first-order chi connectivity index (χ1) is 17.5. The number of hydrogen-bond acceptors (Lipinski definition) is 7. The molecule has 1 aliphatic rings. The number of rotatable bonds is 11. The predicted molar refractivity (Wildman–Crippen MR) is 131 cm³/mol. The van der Waals surface area contributed by atoms with Crippen molar-refractivity contribution in [3.63, 3.8) is 0 Å². The van der Waals surface area contributed by atoms with E-state index in [4.69, 9.17) is 23.4 Å². The number of benzene rings is 2. The summed E-state index contributed by atoms with van der Waals surface area (Å²) < 4.78 is 27.1. The van der Waals surface area contributed by atoms with Crippen LogP contribution in [0.25, 0.3) is 0 Å². The van der Waals surface area contributed by atoms with Crippen molar-refractivity contribution in [2.24, 2.45) is 0 Å². The maximum atomic E-state index is 13.6. The Bertz CT molecular complexity index is 1210. The molecule has 0 unspecified atom stereocenters. The molecule has 2 amide bonds. The van der Waals surface area contributed by atoms with Gasteiger partial charge in [0.25, 0.3) is 5.91 Å². The van der Waals surface area contributed by atoms with Crippen LogP contribution in [0.15, 0.2) is 59.0 Å². The van der Waals surface area contributed by atoms with E-state index >= 15 is 0 Å². The summed E-state index contributed by atoms with van der Waals surface area (Å²) in [6.07, 6.45) is 0. The first kappa shape index (κ1) is 25.1. The Hall–Kier alpha value is -3.98. The zero-order valence-electron chi connectivity index (χ0n) is 20.7. The standard InChI is InChI=1S/C27H30N2O7/c1-19-7-9-23(36-19)16-29(15-20-8-10-24-25(13-20)35-18-34-24)26(30)17-28(11-12-32-2)27(31)21-5-4-6-22(14-21)33-3/h4-10,13-14H,11-12,15-18H2,1-3H3. The van der Waals surface area contributed by atoms with Gasteiger partial charge in [-0.2, -0.15) is 0 Å². The minimum atomic E-state index is -0.281. The maximum absolute atomic E-state index is 13.6. The molecule has 0 bridgehead atoms. The molecule has 1 aliphatic heterocycles. The highest BCUT2D eigenvalue weighted by molar-refractivity contribution is 5.96. The molecule has 9 heteroatoms. The Morgan fingerprint density at radius 1 is 0.944 bits per heavy atom. The summed E-state index contributed by atoms with van der Waals surface area (Å²) >= 11 is 0. The average Bonchev–Trinajstić information content (AvgIpc) is 3.53. The SMILES string of the molecule is COCCN(CC(=O)N(Cc1ccc2c(c1)OCO2)Cc1ccc(C)o1)C(=O)c1cccc(OC)c1. The Labute approximate surface area is 210 Å². The molecule has 0 fully saturated rings. The van der Waals surface area contributed by atoms with E-state index in [-0.39, 0.29) is 38.2 Å². The number of ether oxygens (including phenoxy) is 4. The summed E-state index contributed by atoms with van der Waals surface area (Å²) in [7, 11) is 3.10. The molecule has 1 aromatic heterocycles. The number of fused-ring (bicyclic) bond motifs is 1. The van der Waals surface area contributed by atoms with Crippen LogP contribution < -0.4 is 14.2 Å². The van der Waals surface area contributed by atoms with E-state index < -0.39 is 0 Å². The van der Waals surface area contributed by atoms with Crippen molar-refractivity contribution in [1.82, 2.24) is 9.80 Å². The Morgan fingerprint density at radius 2 is 1.78 bits per heavy atom. The zero-order valence-corrected chi connectivity index (χ0v) is 20.7. The lowest BCUT2D eigenvalue weighted by atomic mass is 10.1. The van der Waals surface area contributed by atoms with Crippen LogP contribution >= 0.6 is 0 Å². The van der Waals surface area contributed by atoms with Gasteiger partial charge in [-0.1, -0.05) is 12.1 Å². The normalized spacial score (nSPS) is 11.9. The van der Waals surface area contributed by atoms with E-state index in [1.165, 1.54) is 4.90 Å². The van der Waals surface area contributed by atoms with Crippen LogP contribution in [0.1, 0.15) is 27.4 Å². The van der Waals surface area contributed by atoms with Gasteiger partial charge < -0.3 is 33.2 Å². The molecule has 0 atom stereocenters. The number of furan rings is 1. The summed E-state index contributed by atoms with van der Waals surface area (Å²) in [5.74, 6) is 2.79. The lowest BCUT2D eigenvalue weighted by Gasteiger charge is -2.27.